The lowest BCUT2D eigenvalue weighted by Gasteiger charge is -2.18. The molecule has 1 atom stereocenters. The van der Waals surface area contributed by atoms with Crippen molar-refractivity contribution in [3.05, 3.63) is 65.7 Å². The molecule has 0 aromatic heterocycles. The maximum atomic E-state index is 12.6. The third-order valence-corrected chi connectivity index (χ3v) is 3.80. The maximum absolute atomic E-state index is 12.6. The van der Waals surface area contributed by atoms with Crippen molar-refractivity contribution in [1.29, 1.82) is 0 Å². The number of nitrogens with two attached hydrogens (primary N) is 1. The molecule has 1 saturated heterocycles. The Morgan fingerprint density at radius 1 is 1.00 bits per heavy atom. The number of nitrogens with zero attached hydrogens (tertiary/aromatic N) is 1. The molecule has 0 spiro atoms. The molecule has 1 aliphatic heterocycles. The van der Waals surface area contributed by atoms with Crippen LogP contribution in [0.1, 0.15) is 23.5 Å². The zero-order valence-electron chi connectivity index (χ0n) is 11.5. The molecule has 4 nitrogen and oxygen atoms in total. The Balaban J connectivity index is 1.98. The van der Waals surface area contributed by atoms with Crippen molar-refractivity contribution in [3.8, 4) is 0 Å². The number of rotatable bonds is 3. The van der Waals surface area contributed by atoms with E-state index < -0.39 is 5.92 Å². The van der Waals surface area contributed by atoms with Crippen LogP contribution in [0.4, 0.5) is 5.69 Å². The fraction of sp³-hybridized carbons (Fsp3) is 0.176. The lowest BCUT2D eigenvalue weighted by Crippen LogP contribution is -2.31. The summed E-state index contributed by atoms with van der Waals surface area (Å²) < 4.78 is 0. The second-order valence-electron chi connectivity index (χ2n) is 5.07. The van der Waals surface area contributed by atoms with E-state index in [2.05, 4.69) is 0 Å². The van der Waals surface area contributed by atoms with Crippen LogP contribution in [0.3, 0.4) is 0 Å². The van der Waals surface area contributed by atoms with Gasteiger partial charge in [-0.05, 0) is 17.2 Å². The monoisotopic (exact) mass is 280 g/mol. The van der Waals surface area contributed by atoms with Crippen LogP contribution in [0.25, 0.3) is 0 Å². The largest absolute Gasteiger partial charge is 0.326 e. The van der Waals surface area contributed by atoms with Gasteiger partial charge in [0.05, 0.1) is 11.6 Å². The zero-order valence-corrected chi connectivity index (χ0v) is 11.5. The smallest absolute Gasteiger partial charge is 0.241 e. The van der Waals surface area contributed by atoms with E-state index in [0.717, 1.165) is 11.1 Å². The van der Waals surface area contributed by atoms with E-state index in [1.807, 2.05) is 48.5 Å². The first kappa shape index (κ1) is 13.5. The minimum atomic E-state index is -0.399. The number of benzene rings is 2. The summed E-state index contributed by atoms with van der Waals surface area (Å²) >= 11 is 0. The molecule has 21 heavy (non-hydrogen) atoms. The standard InChI is InChI=1S/C17H16N2O2/c18-11-13-8-4-5-9-15(13)19-16(20)10-14(17(19)21)12-6-2-1-3-7-12/h1-9,14H,10-11,18H2. The Bertz CT molecular complexity index is 682. The molecule has 0 aliphatic carbocycles. The Labute approximate surface area is 123 Å². The van der Waals surface area contributed by atoms with E-state index in [4.69, 9.17) is 5.73 Å². The number of hydrogen-bond acceptors (Lipinski definition) is 3. The third kappa shape index (κ3) is 2.34. The van der Waals surface area contributed by atoms with Gasteiger partial charge in [0.25, 0.3) is 0 Å². The lowest BCUT2D eigenvalue weighted by atomic mass is 9.98. The van der Waals surface area contributed by atoms with Gasteiger partial charge >= 0.3 is 0 Å². The molecule has 3 rings (SSSR count). The number of imide groups is 1. The summed E-state index contributed by atoms with van der Waals surface area (Å²) in [6.07, 6.45) is 0.210. The molecular formula is C17H16N2O2. The van der Waals surface area contributed by atoms with E-state index >= 15 is 0 Å². The minimum Gasteiger partial charge on any atom is -0.326 e. The Kier molecular flexibility index (Phi) is 3.54. The maximum Gasteiger partial charge on any atom is 0.241 e. The fourth-order valence-electron chi connectivity index (χ4n) is 2.73. The van der Waals surface area contributed by atoms with Crippen LogP contribution in [0.5, 0.6) is 0 Å². The number of carbonyl (C=O) groups is 2. The zero-order chi connectivity index (χ0) is 14.8. The second-order valence-corrected chi connectivity index (χ2v) is 5.07. The molecule has 2 amide bonds. The van der Waals surface area contributed by atoms with E-state index in [1.165, 1.54) is 4.90 Å². The van der Waals surface area contributed by atoms with Crippen molar-refractivity contribution < 1.29 is 9.59 Å². The number of para-hydroxylation sites is 1. The van der Waals surface area contributed by atoms with Gasteiger partial charge in [-0.15, -0.1) is 0 Å². The number of anilines is 1. The summed E-state index contributed by atoms with van der Waals surface area (Å²) in [4.78, 5) is 26.2. The molecule has 1 heterocycles. The summed E-state index contributed by atoms with van der Waals surface area (Å²) in [6.45, 7) is 0.295. The molecule has 4 heteroatoms. The molecule has 0 radical (unpaired) electrons. The lowest BCUT2D eigenvalue weighted by molar-refractivity contribution is -0.121. The first-order valence-corrected chi connectivity index (χ1v) is 6.92. The van der Waals surface area contributed by atoms with Crippen LogP contribution in [-0.4, -0.2) is 11.8 Å². The molecule has 1 aliphatic rings. The summed E-state index contributed by atoms with van der Waals surface area (Å²) in [5.74, 6) is -0.744. The van der Waals surface area contributed by atoms with Gasteiger partial charge in [-0.2, -0.15) is 0 Å². The molecule has 2 aromatic carbocycles. The van der Waals surface area contributed by atoms with Crippen LogP contribution in [-0.2, 0) is 16.1 Å². The molecule has 2 N–H and O–H groups in total. The molecule has 0 bridgehead atoms. The molecule has 0 saturated carbocycles. The predicted octanol–water partition coefficient (Wildman–Crippen LogP) is 2.19. The van der Waals surface area contributed by atoms with Crippen molar-refractivity contribution in [2.45, 2.75) is 18.9 Å². The van der Waals surface area contributed by atoms with E-state index in [-0.39, 0.29) is 18.2 Å². The number of carbonyl (C=O) groups excluding carboxylic acids is 2. The highest BCUT2D eigenvalue weighted by Gasteiger charge is 2.40. The van der Waals surface area contributed by atoms with Gasteiger partial charge in [0, 0.05) is 13.0 Å². The van der Waals surface area contributed by atoms with E-state index in [9.17, 15) is 9.59 Å². The van der Waals surface area contributed by atoms with Crippen molar-refractivity contribution in [3.63, 3.8) is 0 Å². The highest BCUT2D eigenvalue weighted by Crippen LogP contribution is 2.34. The van der Waals surface area contributed by atoms with Crippen LogP contribution >= 0.6 is 0 Å². The molecule has 2 aromatic rings. The van der Waals surface area contributed by atoms with Gasteiger partial charge in [-0.1, -0.05) is 48.5 Å². The summed E-state index contributed by atoms with van der Waals surface area (Å²) in [6, 6.07) is 16.7. The molecule has 1 fully saturated rings. The van der Waals surface area contributed by atoms with Crippen LogP contribution in [0.2, 0.25) is 0 Å². The first-order valence-electron chi connectivity index (χ1n) is 6.92. The second kappa shape index (κ2) is 5.50. The van der Waals surface area contributed by atoms with Crippen molar-refractivity contribution in [2.75, 3.05) is 4.90 Å². The van der Waals surface area contributed by atoms with Crippen molar-refractivity contribution in [1.82, 2.24) is 0 Å². The van der Waals surface area contributed by atoms with Gasteiger partial charge in [0.2, 0.25) is 11.8 Å². The summed E-state index contributed by atoms with van der Waals surface area (Å²) in [7, 11) is 0. The van der Waals surface area contributed by atoms with Crippen molar-refractivity contribution in [2.24, 2.45) is 5.73 Å². The normalized spacial score (nSPS) is 18.3. The Morgan fingerprint density at radius 3 is 2.38 bits per heavy atom. The molecule has 106 valence electrons. The van der Waals surface area contributed by atoms with Crippen LogP contribution in [0.15, 0.2) is 54.6 Å². The van der Waals surface area contributed by atoms with Crippen LogP contribution < -0.4 is 10.6 Å². The van der Waals surface area contributed by atoms with Gasteiger partial charge in [0.15, 0.2) is 0 Å². The summed E-state index contributed by atoms with van der Waals surface area (Å²) in [5.41, 5.74) is 7.99. The van der Waals surface area contributed by atoms with Gasteiger partial charge in [0.1, 0.15) is 0 Å². The Hall–Kier alpha value is -2.46. The van der Waals surface area contributed by atoms with E-state index in [0.29, 0.717) is 12.2 Å². The first-order chi connectivity index (χ1) is 10.2. The average molecular weight is 280 g/mol. The molecular weight excluding hydrogens is 264 g/mol. The SMILES string of the molecule is NCc1ccccc1N1C(=O)CC(c2ccccc2)C1=O. The highest BCUT2D eigenvalue weighted by molar-refractivity contribution is 6.23. The highest BCUT2D eigenvalue weighted by atomic mass is 16.2. The van der Waals surface area contributed by atoms with Crippen molar-refractivity contribution >= 4 is 17.5 Å². The fourth-order valence-corrected chi connectivity index (χ4v) is 2.73. The average Bonchev–Trinajstić information content (AvgIpc) is 2.83. The number of hydrogen-bond donors (Lipinski definition) is 1. The van der Waals surface area contributed by atoms with Gasteiger partial charge < -0.3 is 5.73 Å². The Morgan fingerprint density at radius 2 is 1.67 bits per heavy atom. The minimum absolute atomic E-state index is 0.172. The predicted molar refractivity (Wildman–Crippen MR) is 80.6 cm³/mol. The quantitative estimate of drug-likeness (QED) is 0.877. The topological polar surface area (TPSA) is 63.4 Å². The third-order valence-electron chi connectivity index (χ3n) is 3.80. The molecule has 1 unspecified atom stereocenters. The number of amides is 2. The van der Waals surface area contributed by atoms with E-state index in [1.54, 1.807) is 6.07 Å². The summed E-state index contributed by atoms with van der Waals surface area (Å²) in [5, 5.41) is 0. The van der Waals surface area contributed by atoms with Gasteiger partial charge in [-0.25, -0.2) is 4.90 Å². The van der Waals surface area contributed by atoms with Crippen LogP contribution in [0, 0.1) is 0 Å². The van der Waals surface area contributed by atoms with Gasteiger partial charge in [-0.3, -0.25) is 9.59 Å².